The number of hydrogen-bond donors (Lipinski definition) is 1. The summed E-state index contributed by atoms with van der Waals surface area (Å²) in [6.07, 6.45) is 4.77. The lowest BCUT2D eigenvalue weighted by molar-refractivity contribution is 0.477. The highest BCUT2D eigenvalue weighted by Gasteiger charge is 2.36. The molecule has 0 aromatic rings. The van der Waals surface area contributed by atoms with Crippen molar-refractivity contribution in [3.8, 4) is 0 Å². The maximum absolute atomic E-state index is 12.4. The molecule has 1 fully saturated rings. The molecule has 0 saturated heterocycles. The van der Waals surface area contributed by atoms with Crippen LogP contribution >= 0.6 is 0 Å². The van der Waals surface area contributed by atoms with Crippen LogP contribution in [-0.2, 0) is 9.84 Å². The Labute approximate surface area is 99.9 Å². The summed E-state index contributed by atoms with van der Waals surface area (Å²) < 4.78 is 24.7. The van der Waals surface area contributed by atoms with Gasteiger partial charge in [-0.2, -0.15) is 0 Å². The normalized spacial score (nSPS) is 22.2. The molecule has 2 atom stereocenters. The van der Waals surface area contributed by atoms with E-state index in [0.717, 1.165) is 38.6 Å². The number of nitrogens with one attached hydrogen (secondary N) is 1. The molecule has 1 saturated carbocycles. The third-order valence-corrected chi connectivity index (χ3v) is 6.52. The van der Waals surface area contributed by atoms with Gasteiger partial charge in [0.2, 0.25) is 0 Å². The summed E-state index contributed by atoms with van der Waals surface area (Å²) in [5.74, 6) is 0. The summed E-state index contributed by atoms with van der Waals surface area (Å²) in [5, 5.41) is 2.96. The zero-order chi connectivity index (χ0) is 12.2. The molecule has 0 aromatic carbocycles. The van der Waals surface area contributed by atoms with E-state index in [9.17, 15) is 8.42 Å². The van der Waals surface area contributed by atoms with Crippen molar-refractivity contribution in [3.05, 3.63) is 0 Å². The molecule has 2 unspecified atom stereocenters. The quantitative estimate of drug-likeness (QED) is 0.782. The Kier molecular flexibility index (Phi) is 5.25. The predicted molar refractivity (Wildman–Crippen MR) is 68.4 cm³/mol. The monoisotopic (exact) mass is 247 g/mol. The highest BCUT2D eigenvalue weighted by atomic mass is 32.2. The molecule has 96 valence electrons. The fourth-order valence-corrected chi connectivity index (χ4v) is 5.00. The number of sulfone groups is 1. The van der Waals surface area contributed by atoms with E-state index in [4.69, 9.17) is 0 Å². The van der Waals surface area contributed by atoms with Crippen molar-refractivity contribution in [2.75, 3.05) is 6.54 Å². The Bertz CT molecular complexity index is 294. The van der Waals surface area contributed by atoms with Crippen LogP contribution in [-0.4, -0.2) is 31.5 Å². The van der Waals surface area contributed by atoms with Crippen LogP contribution in [0.5, 0.6) is 0 Å². The van der Waals surface area contributed by atoms with Crippen molar-refractivity contribution >= 4 is 9.84 Å². The molecule has 0 aliphatic heterocycles. The Balaban J connectivity index is 2.72. The zero-order valence-corrected chi connectivity index (χ0v) is 11.5. The second-order valence-electron chi connectivity index (χ2n) is 4.77. The molecular weight excluding hydrogens is 222 g/mol. The summed E-state index contributed by atoms with van der Waals surface area (Å²) in [4.78, 5) is 0. The van der Waals surface area contributed by atoms with Gasteiger partial charge < -0.3 is 5.32 Å². The molecule has 0 heterocycles. The van der Waals surface area contributed by atoms with Crippen LogP contribution in [0.4, 0.5) is 0 Å². The van der Waals surface area contributed by atoms with Crippen LogP contribution in [0.2, 0.25) is 0 Å². The van der Waals surface area contributed by atoms with Gasteiger partial charge in [-0.15, -0.1) is 0 Å². The van der Waals surface area contributed by atoms with Crippen molar-refractivity contribution in [2.24, 2.45) is 0 Å². The Morgan fingerprint density at radius 2 is 1.81 bits per heavy atom. The molecule has 4 heteroatoms. The van der Waals surface area contributed by atoms with Gasteiger partial charge >= 0.3 is 0 Å². The zero-order valence-electron chi connectivity index (χ0n) is 10.7. The first-order chi connectivity index (χ1) is 7.54. The SMILES string of the molecule is CCNC(CC)C(C)S(=O)(=O)C1CCCC1. The highest BCUT2D eigenvalue weighted by molar-refractivity contribution is 7.92. The molecule has 0 radical (unpaired) electrons. The minimum absolute atomic E-state index is 0.0739. The predicted octanol–water partition coefficient (Wildman–Crippen LogP) is 2.12. The van der Waals surface area contributed by atoms with Crippen molar-refractivity contribution in [3.63, 3.8) is 0 Å². The maximum atomic E-state index is 12.4. The van der Waals surface area contributed by atoms with E-state index in [1.165, 1.54) is 0 Å². The van der Waals surface area contributed by atoms with Gasteiger partial charge in [0.1, 0.15) is 0 Å². The molecule has 0 bridgehead atoms. The van der Waals surface area contributed by atoms with Gasteiger partial charge in [-0.3, -0.25) is 0 Å². The van der Waals surface area contributed by atoms with Gasteiger partial charge in [0, 0.05) is 6.04 Å². The fraction of sp³-hybridized carbons (Fsp3) is 1.00. The van der Waals surface area contributed by atoms with Crippen LogP contribution in [0.1, 0.15) is 52.9 Å². The van der Waals surface area contributed by atoms with E-state index in [1.54, 1.807) is 0 Å². The van der Waals surface area contributed by atoms with Gasteiger partial charge in [0.25, 0.3) is 0 Å². The first-order valence-corrected chi connectivity index (χ1v) is 8.11. The van der Waals surface area contributed by atoms with Crippen molar-refractivity contribution < 1.29 is 8.42 Å². The summed E-state index contributed by atoms with van der Waals surface area (Å²) >= 11 is 0. The van der Waals surface area contributed by atoms with Gasteiger partial charge in [-0.1, -0.05) is 26.7 Å². The van der Waals surface area contributed by atoms with Gasteiger partial charge in [-0.05, 0) is 32.7 Å². The smallest absolute Gasteiger partial charge is 0.157 e. The van der Waals surface area contributed by atoms with Crippen molar-refractivity contribution in [1.82, 2.24) is 5.32 Å². The highest BCUT2D eigenvalue weighted by Crippen LogP contribution is 2.28. The second kappa shape index (κ2) is 6.01. The van der Waals surface area contributed by atoms with E-state index < -0.39 is 9.84 Å². The van der Waals surface area contributed by atoms with E-state index in [1.807, 2.05) is 20.8 Å². The van der Waals surface area contributed by atoms with E-state index in [2.05, 4.69) is 5.32 Å². The molecule has 3 nitrogen and oxygen atoms in total. The number of rotatable bonds is 6. The average molecular weight is 247 g/mol. The summed E-state index contributed by atoms with van der Waals surface area (Å²) in [7, 11) is -2.93. The fourth-order valence-electron chi connectivity index (χ4n) is 2.65. The minimum Gasteiger partial charge on any atom is -0.313 e. The van der Waals surface area contributed by atoms with Crippen LogP contribution in [0, 0.1) is 0 Å². The molecule has 1 aliphatic rings. The molecule has 0 amide bonds. The van der Waals surface area contributed by atoms with E-state index in [0.29, 0.717) is 0 Å². The Hall–Kier alpha value is -0.0900. The molecule has 1 rings (SSSR count). The van der Waals surface area contributed by atoms with Gasteiger partial charge in [0.15, 0.2) is 9.84 Å². The molecular formula is C12H25NO2S. The molecule has 0 aromatic heterocycles. The standard InChI is InChI=1S/C12H25NO2S/c1-4-12(13-5-2)10(3)16(14,15)11-8-6-7-9-11/h10-13H,4-9H2,1-3H3. The Morgan fingerprint density at radius 1 is 1.25 bits per heavy atom. The lowest BCUT2D eigenvalue weighted by Gasteiger charge is -2.26. The third kappa shape index (κ3) is 2.98. The first kappa shape index (κ1) is 14.0. The lowest BCUT2D eigenvalue weighted by Crippen LogP contribution is -2.44. The summed E-state index contributed by atoms with van der Waals surface area (Å²) in [6, 6.07) is 0.107. The second-order valence-corrected chi connectivity index (χ2v) is 7.36. The van der Waals surface area contributed by atoms with Gasteiger partial charge in [0.05, 0.1) is 10.5 Å². The molecule has 1 N–H and O–H groups in total. The third-order valence-electron chi connectivity index (χ3n) is 3.76. The summed E-state index contributed by atoms with van der Waals surface area (Å²) in [5.41, 5.74) is 0. The van der Waals surface area contributed by atoms with Crippen molar-refractivity contribution in [2.45, 2.75) is 69.4 Å². The molecule has 0 spiro atoms. The lowest BCUT2D eigenvalue weighted by atomic mass is 10.2. The largest absolute Gasteiger partial charge is 0.313 e. The average Bonchev–Trinajstić information content (AvgIpc) is 2.78. The maximum Gasteiger partial charge on any atom is 0.157 e. The van der Waals surface area contributed by atoms with E-state index >= 15 is 0 Å². The van der Waals surface area contributed by atoms with Crippen LogP contribution in [0.3, 0.4) is 0 Å². The molecule has 1 aliphatic carbocycles. The van der Waals surface area contributed by atoms with Crippen LogP contribution in [0.15, 0.2) is 0 Å². The molecule has 16 heavy (non-hydrogen) atoms. The number of hydrogen-bond acceptors (Lipinski definition) is 3. The van der Waals surface area contributed by atoms with Gasteiger partial charge in [-0.25, -0.2) is 8.42 Å². The van der Waals surface area contributed by atoms with Crippen LogP contribution < -0.4 is 5.32 Å². The Morgan fingerprint density at radius 3 is 2.25 bits per heavy atom. The van der Waals surface area contributed by atoms with Crippen LogP contribution in [0.25, 0.3) is 0 Å². The van der Waals surface area contributed by atoms with Crippen molar-refractivity contribution in [1.29, 1.82) is 0 Å². The minimum atomic E-state index is -2.93. The van der Waals surface area contributed by atoms with E-state index in [-0.39, 0.29) is 16.5 Å². The summed E-state index contributed by atoms with van der Waals surface area (Å²) in [6.45, 7) is 6.78. The topological polar surface area (TPSA) is 46.2 Å². The first-order valence-electron chi connectivity index (χ1n) is 6.50.